The van der Waals surface area contributed by atoms with Gasteiger partial charge in [-0.2, -0.15) is 0 Å². The fourth-order valence-corrected chi connectivity index (χ4v) is 9.39. The van der Waals surface area contributed by atoms with Crippen LogP contribution in [0.1, 0.15) is 277 Å². The SMILES string of the molecule is CC/C=C\C/C=C\C/C=C\C/C=C\CCCCCCCCCCCCCCCCCCCCCCCCCCC(=O)OC(COC(=O)CCCCCCC/C=C\C/C=C\CCCC)COP(=O)([O-])OCC[N+](C)(C)C. The number of likely N-dealkylation sites (N-methyl/N-ethyl adjacent to an activating group) is 1. The van der Waals surface area contributed by atoms with Gasteiger partial charge < -0.3 is 27.9 Å². The number of nitrogens with zero attached hydrogens (tertiary/aromatic N) is 1. The molecule has 0 heterocycles. The Morgan fingerprint density at radius 3 is 1.13 bits per heavy atom. The van der Waals surface area contributed by atoms with E-state index < -0.39 is 32.5 Å². The van der Waals surface area contributed by atoms with Gasteiger partial charge in [-0.3, -0.25) is 14.2 Å². The molecule has 75 heavy (non-hydrogen) atoms. The summed E-state index contributed by atoms with van der Waals surface area (Å²) in [5.74, 6) is -0.842. The molecule has 0 aromatic heterocycles. The van der Waals surface area contributed by atoms with Crippen molar-refractivity contribution >= 4 is 19.8 Å². The van der Waals surface area contributed by atoms with Crippen molar-refractivity contribution < 1.29 is 42.1 Å². The van der Waals surface area contributed by atoms with Crippen LogP contribution in [0.4, 0.5) is 0 Å². The minimum atomic E-state index is -4.64. The zero-order valence-electron chi connectivity index (χ0n) is 49.5. The number of phosphoric acid groups is 1. The van der Waals surface area contributed by atoms with Crippen LogP contribution in [0, 0.1) is 0 Å². The van der Waals surface area contributed by atoms with Gasteiger partial charge in [-0.05, 0) is 77.0 Å². The number of hydrogen-bond donors (Lipinski definition) is 0. The summed E-state index contributed by atoms with van der Waals surface area (Å²) in [6.07, 6.45) is 74.1. The molecule has 10 heteroatoms. The van der Waals surface area contributed by atoms with E-state index in [-0.39, 0.29) is 26.1 Å². The minimum absolute atomic E-state index is 0.0333. The predicted octanol–water partition coefficient (Wildman–Crippen LogP) is 19.0. The van der Waals surface area contributed by atoms with E-state index in [9.17, 15) is 19.0 Å². The van der Waals surface area contributed by atoms with E-state index in [0.717, 1.165) is 89.9 Å². The molecule has 0 aromatic rings. The Balaban J connectivity index is 3.94. The molecule has 0 spiro atoms. The van der Waals surface area contributed by atoms with Gasteiger partial charge in [0.2, 0.25) is 0 Å². The first-order valence-electron chi connectivity index (χ1n) is 31.1. The molecule has 0 aliphatic rings. The van der Waals surface area contributed by atoms with E-state index in [0.29, 0.717) is 23.9 Å². The highest BCUT2D eigenvalue weighted by atomic mass is 31.2. The summed E-state index contributed by atoms with van der Waals surface area (Å²) in [7, 11) is 1.16. The van der Waals surface area contributed by atoms with Crippen molar-refractivity contribution in [2.75, 3.05) is 47.5 Å². The number of carbonyl (C=O) groups is 2. The fraction of sp³-hybridized carbons (Fsp3) is 0.785. The molecule has 0 amide bonds. The molecule has 0 aliphatic carbocycles. The van der Waals surface area contributed by atoms with Gasteiger partial charge in [-0.1, -0.05) is 260 Å². The quantitative estimate of drug-likeness (QED) is 0.0195. The van der Waals surface area contributed by atoms with Crippen LogP contribution >= 0.6 is 7.82 Å². The van der Waals surface area contributed by atoms with E-state index in [1.54, 1.807) is 0 Å². The number of esters is 2. The Kier molecular flexibility index (Phi) is 54.3. The number of hydrogen-bond acceptors (Lipinski definition) is 8. The van der Waals surface area contributed by atoms with Crippen LogP contribution in [0.15, 0.2) is 72.9 Å². The second kappa shape index (κ2) is 56.2. The standard InChI is InChI=1S/C65H118NO8P/c1-6-8-10-12-14-16-18-20-22-23-24-25-26-27-28-29-30-31-32-33-34-35-36-37-38-39-40-41-42-43-44-46-48-50-52-54-56-58-65(68)74-63(62-73-75(69,70)72-60-59-66(3,4)5)61-71-64(67)57-55-53-51-49-47-45-21-19-17-15-13-11-9-7-2/h8,10,13-16,19-22,24-25,63H,6-7,9,11-12,17-18,23,26-62H2,1-5H3/b10-8-,15-13-,16-14-,21-19-,22-20-,25-24-. The van der Waals surface area contributed by atoms with Crippen LogP contribution in [-0.4, -0.2) is 70.0 Å². The molecule has 9 nitrogen and oxygen atoms in total. The molecule has 0 rings (SSSR count). The number of unbranched alkanes of at least 4 members (excludes halogenated alkanes) is 31. The van der Waals surface area contributed by atoms with E-state index >= 15 is 0 Å². The Hall–Kier alpha value is -2.55. The van der Waals surface area contributed by atoms with Crippen molar-refractivity contribution in [1.29, 1.82) is 0 Å². The lowest BCUT2D eigenvalue weighted by Crippen LogP contribution is -2.37. The molecule has 0 saturated carbocycles. The largest absolute Gasteiger partial charge is 0.756 e. The molecule has 0 fully saturated rings. The third-order valence-electron chi connectivity index (χ3n) is 13.5. The Morgan fingerprint density at radius 1 is 0.427 bits per heavy atom. The molecule has 436 valence electrons. The molecule has 0 aromatic carbocycles. The first kappa shape index (κ1) is 72.5. The van der Waals surface area contributed by atoms with Gasteiger partial charge in [0.15, 0.2) is 6.10 Å². The van der Waals surface area contributed by atoms with Gasteiger partial charge in [-0.15, -0.1) is 0 Å². The summed E-state index contributed by atoms with van der Waals surface area (Å²) >= 11 is 0. The van der Waals surface area contributed by atoms with Crippen molar-refractivity contribution in [1.82, 2.24) is 0 Å². The average molecular weight is 1070 g/mol. The number of allylic oxidation sites excluding steroid dienone is 12. The summed E-state index contributed by atoms with van der Waals surface area (Å²) in [6.45, 7) is 4.09. The summed E-state index contributed by atoms with van der Waals surface area (Å²) in [4.78, 5) is 37.8. The molecule has 0 N–H and O–H groups in total. The molecule has 0 bridgehead atoms. The van der Waals surface area contributed by atoms with Crippen molar-refractivity contribution in [3.05, 3.63) is 72.9 Å². The number of rotatable bonds is 57. The lowest BCUT2D eigenvalue weighted by molar-refractivity contribution is -0.870. The van der Waals surface area contributed by atoms with Gasteiger partial charge >= 0.3 is 11.9 Å². The molecular weight excluding hydrogens is 954 g/mol. The van der Waals surface area contributed by atoms with Crippen molar-refractivity contribution in [2.45, 2.75) is 283 Å². The highest BCUT2D eigenvalue weighted by Gasteiger charge is 2.22. The normalized spacial score (nSPS) is 13.7. The zero-order valence-corrected chi connectivity index (χ0v) is 50.4. The van der Waals surface area contributed by atoms with Gasteiger partial charge in [0, 0.05) is 12.8 Å². The number of carbonyl (C=O) groups excluding carboxylic acids is 2. The summed E-state index contributed by atoms with van der Waals surface area (Å²) in [5, 5.41) is 0. The maximum Gasteiger partial charge on any atom is 0.306 e. The highest BCUT2D eigenvalue weighted by Crippen LogP contribution is 2.38. The van der Waals surface area contributed by atoms with E-state index in [1.807, 2.05) is 21.1 Å². The topological polar surface area (TPSA) is 111 Å². The monoisotopic (exact) mass is 1070 g/mol. The molecular formula is C65H118NO8P. The van der Waals surface area contributed by atoms with Crippen LogP contribution < -0.4 is 4.89 Å². The average Bonchev–Trinajstić information content (AvgIpc) is 3.37. The van der Waals surface area contributed by atoms with Crippen LogP contribution in [0.2, 0.25) is 0 Å². The first-order chi connectivity index (χ1) is 36.5. The lowest BCUT2D eigenvalue weighted by atomic mass is 10.0. The number of phosphoric ester groups is 1. The molecule has 2 atom stereocenters. The Labute approximate surface area is 463 Å². The number of ether oxygens (including phenoxy) is 2. The van der Waals surface area contributed by atoms with Gasteiger partial charge in [0.25, 0.3) is 7.82 Å². The van der Waals surface area contributed by atoms with Crippen LogP contribution in [0.5, 0.6) is 0 Å². The Morgan fingerprint density at radius 2 is 0.760 bits per heavy atom. The van der Waals surface area contributed by atoms with E-state index in [2.05, 4.69) is 86.8 Å². The zero-order chi connectivity index (χ0) is 54.9. The third kappa shape index (κ3) is 60.5. The maximum atomic E-state index is 12.8. The summed E-state index contributed by atoms with van der Waals surface area (Å²) in [6, 6.07) is 0. The molecule has 0 aliphatic heterocycles. The minimum Gasteiger partial charge on any atom is -0.756 e. The number of quaternary nitrogens is 1. The second-order valence-corrected chi connectivity index (χ2v) is 23.4. The second-order valence-electron chi connectivity index (χ2n) is 22.0. The fourth-order valence-electron chi connectivity index (χ4n) is 8.67. The Bertz CT molecular complexity index is 1500. The van der Waals surface area contributed by atoms with Crippen molar-refractivity contribution in [2.24, 2.45) is 0 Å². The first-order valence-corrected chi connectivity index (χ1v) is 32.6. The van der Waals surface area contributed by atoms with Gasteiger partial charge in [0.1, 0.15) is 19.8 Å². The predicted molar refractivity (Wildman–Crippen MR) is 319 cm³/mol. The van der Waals surface area contributed by atoms with Crippen molar-refractivity contribution in [3.63, 3.8) is 0 Å². The molecule has 2 unspecified atom stereocenters. The van der Waals surface area contributed by atoms with E-state index in [1.165, 1.54) is 148 Å². The van der Waals surface area contributed by atoms with Crippen LogP contribution in [-0.2, 0) is 32.7 Å². The van der Waals surface area contributed by atoms with Gasteiger partial charge in [-0.25, -0.2) is 0 Å². The lowest BCUT2D eigenvalue weighted by Gasteiger charge is -2.28. The molecule has 0 radical (unpaired) electrons. The van der Waals surface area contributed by atoms with Crippen molar-refractivity contribution in [3.8, 4) is 0 Å². The highest BCUT2D eigenvalue weighted by molar-refractivity contribution is 7.45. The van der Waals surface area contributed by atoms with Gasteiger partial charge in [0.05, 0.1) is 27.7 Å². The molecule has 0 saturated heterocycles. The van der Waals surface area contributed by atoms with Crippen LogP contribution in [0.25, 0.3) is 0 Å². The smallest absolute Gasteiger partial charge is 0.306 e. The summed E-state index contributed by atoms with van der Waals surface area (Å²) < 4.78 is 34.1. The maximum absolute atomic E-state index is 12.8. The summed E-state index contributed by atoms with van der Waals surface area (Å²) in [5.41, 5.74) is 0. The third-order valence-corrected chi connectivity index (χ3v) is 14.4. The van der Waals surface area contributed by atoms with E-state index in [4.69, 9.17) is 18.5 Å². The van der Waals surface area contributed by atoms with Crippen LogP contribution in [0.3, 0.4) is 0 Å².